The number of aromatic amines is 1. The van der Waals surface area contributed by atoms with Gasteiger partial charge in [-0.1, -0.05) is 12.2 Å². The van der Waals surface area contributed by atoms with E-state index >= 15 is 0 Å². The van der Waals surface area contributed by atoms with E-state index < -0.39 is 0 Å². The van der Waals surface area contributed by atoms with Gasteiger partial charge < -0.3 is 10.3 Å². The van der Waals surface area contributed by atoms with Crippen LogP contribution in [0.5, 0.6) is 0 Å². The first-order chi connectivity index (χ1) is 6.95. The lowest BCUT2D eigenvalue weighted by atomic mass is 10.1. The van der Waals surface area contributed by atoms with E-state index in [4.69, 9.17) is 0 Å². The Bertz CT molecular complexity index is 534. The van der Waals surface area contributed by atoms with E-state index in [0.717, 1.165) is 22.3 Å². The predicted molar refractivity (Wildman–Crippen MR) is 57.9 cm³/mol. The minimum atomic E-state index is 1.01. The quantitative estimate of drug-likeness (QED) is 0.658. The number of benzene rings is 1. The van der Waals surface area contributed by atoms with Gasteiger partial charge in [-0.15, -0.1) is 0 Å². The second-order valence-corrected chi connectivity index (χ2v) is 3.19. The van der Waals surface area contributed by atoms with Crippen LogP contribution in [0.4, 0.5) is 5.69 Å². The minimum absolute atomic E-state index is 1.01. The summed E-state index contributed by atoms with van der Waals surface area (Å²) >= 11 is 0. The molecule has 0 bridgehead atoms. The topological polar surface area (TPSA) is 40.7 Å². The maximum atomic E-state index is 4.30. The molecule has 3 rings (SSSR count). The first-order valence-electron chi connectivity index (χ1n) is 4.51. The van der Waals surface area contributed by atoms with Gasteiger partial charge >= 0.3 is 0 Å². The zero-order chi connectivity index (χ0) is 9.38. The number of imidazole rings is 1. The third kappa shape index (κ3) is 0.956. The second kappa shape index (κ2) is 2.73. The van der Waals surface area contributed by atoms with E-state index in [2.05, 4.69) is 27.4 Å². The molecule has 14 heavy (non-hydrogen) atoms. The Labute approximate surface area is 81.2 Å². The van der Waals surface area contributed by atoms with Crippen LogP contribution in [0.25, 0.3) is 17.1 Å². The van der Waals surface area contributed by atoms with Gasteiger partial charge in [-0.2, -0.15) is 0 Å². The summed E-state index contributed by atoms with van der Waals surface area (Å²) in [7, 11) is 0. The van der Waals surface area contributed by atoms with Crippen LogP contribution in [-0.4, -0.2) is 9.97 Å². The largest absolute Gasteiger partial charge is 0.361 e. The highest BCUT2D eigenvalue weighted by atomic mass is 14.9. The van der Waals surface area contributed by atoms with Gasteiger partial charge in [0.2, 0.25) is 0 Å². The van der Waals surface area contributed by atoms with E-state index in [9.17, 15) is 0 Å². The lowest BCUT2D eigenvalue weighted by Crippen LogP contribution is -1.89. The number of hydrogen-bond donors (Lipinski definition) is 2. The molecule has 0 radical (unpaired) electrons. The molecule has 3 nitrogen and oxygen atoms in total. The SMILES string of the molecule is C1=CNc2ccc3[nH]cnc3c2C=C1. The number of H-pyrrole nitrogens is 1. The minimum Gasteiger partial charge on any atom is -0.361 e. The lowest BCUT2D eigenvalue weighted by Gasteiger charge is -2.04. The Morgan fingerprint density at radius 3 is 3.14 bits per heavy atom. The van der Waals surface area contributed by atoms with Gasteiger partial charge in [0.15, 0.2) is 0 Å². The monoisotopic (exact) mass is 183 g/mol. The fraction of sp³-hybridized carbons (Fsp3) is 0. The van der Waals surface area contributed by atoms with Crippen LogP contribution in [0.15, 0.2) is 36.8 Å². The van der Waals surface area contributed by atoms with Gasteiger partial charge in [-0.25, -0.2) is 4.98 Å². The molecule has 1 aromatic heterocycles. The Kier molecular flexibility index (Phi) is 1.44. The van der Waals surface area contributed by atoms with Crippen molar-refractivity contribution in [3.8, 4) is 0 Å². The lowest BCUT2D eigenvalue weighted by molar-refractivity contribution is 1.34. The van der Waals surface area contributed by atoms with E-state index in [1.807, 2.05) is 24.4 Å². The molecule has 0 atom stereocenters. The standard InChI is InChI=1S/C11H9N3/c1-2-6-12-9-4-5-10-11(8(9)3-1)14-7-13-10/h1-7,12H,(H,13,14). The molecular weight excluding hydrogens is 174 g/mol. The van der Waals surface area contributed by atoms with Crippen LogP contribution in [0.1, 0.15) is 5.56 Å². The average Bonchev–Trinajstić information content (AvgIpc) is 2.55. The van der Waals surface area contributed by atoms with Crippen LogP contribution in [-0.2, 0) is 0 Å². The van der Waals surface area contributed by atoms with Crippen molar-refractivity contribution in [3.63, 3.8) is 0 Å². The molecule has 0 saturated carbocycles. The van der Waals surface area contributed by atoms with Crippen LogP contribution in [0, 0.1) is 0 Å². The third-order valence-electron chi connectivity index (χ3n) is 2.34. The van der Waals surface area contributed by atoms with Gasteiger partial charge in [0.05, 0.1) is 17.4 Å². The van der Waals surface area contributed by atoms with Crippen molar-refractivity contribution >= 4 is 22.8 Å². The Hall–Kier alpha value is -2.03. The highest BCUT2D eigenvalue weighted by molar-refractivity contribution is 5.92. The van der Waals surface area contributed by atoms with E-state index in [0.29, 0.717) is 0 Å². The normalized spacial score (nSPS) is 13.7. The number of nitrogens with one attached hydrogen (secondary N) is 2. The molecule has 1 aromatic carbocycles. The molecule has 2 aromatic rings. The number of fused-ring (bicyclic) bond motifs is 3. The molecule has 0 unspecified atom stereocenters. The molecule has 1 aliphatic heterocycles. The Morgan fingerprint density at radius 1 is 1.14 bits per heavy atom. The summed E-state index contributed by atoms with van der Waals surface area (Å²) in [6, 6.07) is 4.08. The first kappa shape index (κ1) is 7.38. The molecule has 0 amide bonds. The van der Waals surface area contributed by atoms with Gasteiger partial charge in [0, 0.05) is 17.5 Å². The van der Waals surface area contributed by atoms with Crippen molar-refractivity contribution < 1.29 is 0 Å². The zero-order valence-corrected chi connectivity index (χ0v) is 7.49. The van der Waals surface area contributed by atoms with Crippen molar-refractivity contribution in [1.82, 2.24) is 9.97 Å². The maximum Gasteiger partial charge on any atom is 0.0975 e. The van der Waals surface area contributed by atoms with Gasteiger partial charge in [0.1, 0.15) is 0 Å². The molecule has 0 aliphatic carbocycles. The van der Waals surface area contributed by atoms with Crippen LogP contribution in [0.2, 0.25) is 0 Å². The fourth-order valence-corrected chi connectivity index (χ4v) is 1.67. The molecule has 68 valence electrons. The number of hydrogen-bond acceptors (Lipinski definition) is 2. The van der Waals surface area contributed by atoms with Gasteiger partial charge in [0.25, 0.3) is 0 Å². The predicted octanol–water partition coefficient (Wildman–Crippen LogP) is 2.52. The summed E-state index contributed by atoms with van der Waals surface area (Å²) < 4.78 is 0. The van der Waals surface area contributed by atoms with Crippen molar-refractivity contribution in [1.29, 1.82) is 0 Å². The van der Waals surface area contributed by atoms with Crippen molar-refractivity contribution in [2.75, 3.05) is 5.32 Å². The Morgan fingerprint density at radius 2 is 2.14 bits per heavy atom. The number of anilines is 1. The summed E-state index contributed by atoms with van der Waals surface area (Å²) in [6.45, 7) is 0. The second-order valence-electron chi connectivity index (χ2n) is 3.19. The first-order valence-corrected chi connectivity index (χ1v) is 4.51. The average molecular weight is 183 g/mol. The summed E-state index contributed by atoms with van der Waals surface area (Å²) in [4.78, 5) is 7.40. The summed E-state index contributed by atoms with van der Waals surface area (Å²) in [5.41, 5.74) is 4.30. The van der Waals surface area contributed by atoms with Crippen molar-refractivity contribution in [3.05, 3.63) is 42.4 Å². The van der Waals surface area contributed by atoms with Crippen molar-refractivity contribution in [2.24, 2.45) is 0 Å². The summed E-state index contributed by atoms with van der Waals surface area (Å²) in [5.74, 6) is 0. The highest BCUT2D eigenvalue weighted by Gasteiger charge is 2.06. The zero-order valence-electron chi connectivity index (χ0n) is 7.49. The van der Waals surface area contributed by atoms with Crippen LogP contribution >= 0.6 is 0 Å². The van der Waals surface area contributed by atoms with Gasteiger partial charge in [-0.3, -0.25) is 0 Å². The number of nitrogens with zero attached hydrogens (tertiary/aromatic N) is 1. The molecule has 3 heteroatoms. The Balaban J connectivity index is 2.38. The van der Waals surface area contributed by atoms with Gasteiger partial charge in [-0.05, 0) is 18.2 Å². The highest BCUT2D eigenvalue weighted by Crippen LogP contribution is 2.26. The molecule has 2 heterocycles. The number of rotatable bonds is 0. The van der Waals surface area contributed by atoms with Crippen molar-refractivity contribution in [2.45, 2.75) is 0 Å². The van der Waals surface area contributed by atoms with E-state index in [-0.39, 0.29) is 0 Å². The maximum absolute atomic E-state index is 4.30. The van der Waals surface area contributed by atoms with Crippen LogP contribution in [0.3, 0.4) is 0 Å². The molecule has 0 saturated heterocycles. The summed E-state index contributed by atoms with van der Waals surface area (Å²) in [5, 5.41) is 3.21. The number of allylic oxidation sites excluding steroid dienone is 2. The van der Waals surface area contributed by atoms with E-state index in [1.54, 1.807) is 6.33 Å². The number of aromatic nitrogens is 2. The smallest absolute Gasteiger partial charge is 0.0975 e. The molecule has 0 fully saturated rings. The molecule has 2 N–H and O–H groups in total. The molecule has 1 aliphatic rings. The molecular formula is C11H9N3. The van der Waals surface area contributed by atoms with E-state index in [1.165, 1.54) is 0 Å². The summed E-state index contributed by atoms with van der Waals surface area (Å²) in [6.07, 6.45) is 9.68. The van der Waals surface area contributed by atoms with Crippen LogP contribution < -0.4 is 5.32 Å². The third-order valence-corrected chi connectivity index (χ3v) is 2.34. The fourth-order valence-electron chi connectivity index (χ4n) is 1.67. The molecule has 0 spiro atoms.